The van der Waals surface area contributed by atoms with Gasteiger partial charge in [0.1, 0.15) is 5.69 Å². The molecule has 2 N–H and O–H groups in total. The van der Waals surface area contributed by atoms with Crippen LogP contribution in [0, 0.1) is 27.6 Å². The Morgan fingerprint density at radius 3 is 2.19 bits per heavy atom. The number of hydrogen-bond donors (Lipinski definition) is 2. The fourth-order valence-electron chi connectivity index (χ4n) is 2.30. The van der Waals surface area contributed by atoms with Gasteiger partial charge >= 0.3 is 0 Å². The van der Waals surface area contributed by atoms with E-state index in [2.05, 4.69) is 28.2 Å². The van der Waals surface area contributed by atoms with Crippen molar-refractivity contribution in [2.45, 2.75) is 12.8 Å². The number of anilines is 3. The quantitative estimate of drug-likeness (QED) is 0.486. The van der Waals surface area contributed by atoms with Crippen molar-refractivity contribution in [3.8, 4) is 12.1 Å². The average molecular weight is 369 g/mol. The summed E-state index contributed by atoms with van der Waals surface area (Å²) in [6, 6.07) is 16.5. The molecule has 0 saturated carbocycles. The van der Waals surface area contributed by atoms with Crippen LogP contribution in [-0.4, -0.2) is 13.1 Å². The van der Waals surface area contributed by atoms with E-state index in [-0.39, 0.29) is 5.69 Å². The van der Waals surface area contributed by atoms with Crippen molar-refractivity contribution < 1.29 is 0 Å². The molecule has 2 aromatic carbocycles. The van der Waals surface area contributed by atoms with Crippen LogP contribution in [0.2, 0.25) is 5.02 Å². The second-order valence-electron chi connectivity index (χ2n) is 5.36. The summed E-state index contributed by atoms with van der Waals surface area (Å²) in [6.45, 7) is 1.16. The van der Waals surface area contributed by atoms with Gasteiger partial charge in [0, 0.05) is 18.8 Å². The Bertz CT molecular complexity index is 807. The average Bonchev–Trinajstić information content (AvgIpc) is 2.67. The molecule has 8 heteroatoms. The summed E-state index contributed by atoms with van der Waals surface area (Å²) in [5, 5.41) is 20.8. The summed E-state index contributed by atoms with van der Waals surface area (Å²) >= 11 is 6.08. The van der Waals surface area contributed by atoms with Gasteiger partial charge < -0.3 is 10.3 Å². The minimum atomic E-state index is 0.264. The maximum Gasteiger partial charge on any atom is 0.109 e. The van der Waals surface area contributed by atoms with Gasteiger partial charge in [0.05, 0.1) is 41.4 Å². The maximum absolute atomic E-state index is 10.5. The van der Waals surface area contributed by atoms with Crippen LogP contribution >= 0.6 is 11.6 Å². The third-order valence-corrected chi connectivity index (χ3v) is 3.93. The first kappa shape index (κ1) is 19.0. The molecule has 0 aliphatic rings. The topological polar surface area (TPSA) is 104 Å². The second kappa shape index (κ2) is 9.87. The Morgan fingerprint density at radius 2 is 1.65 bits per heavy atom. The minimum Gasteiger partial charge on any atom is -0.369 e. The molecule has 0 aliphatic heterocycles. The van der Waals surface area contributed by atoms with Gasteiger partial charge in [0.15, 0.2) is 0 Å². The Balaban J connectivity index is 2.00. The molecule has 0 radical (unpaired) electrons. The van der Waals surface area contributed by atoms with Gasteiger partial charge in [-0.1, -0.05) is 11.6 Å². The number of halogens is 1. The van der Waals surface area contributed by atoms with Gasteiger partial charge in [-0.15, -0.1) is 4.91 Å². The number of hydrazine groups is 1. The molecule has 2 aromatic rings. The van der Waals surface area contributed by atoms with E-state index in [1.54, 1.807) is 12.1 Å². The fraction of sp³-hybridized carbons (Fsp3) is 0.222. The largest absolute Gasteiger partial charge is 0.369 e. The van der Waals surface area contributed by atoms with Crippen LogP contribution in [0.4, 0.5) is 22.7 Å². The van der Waals surface area contributed by atoms with E-state index in [0.717, 1.165) is 11.4 Å². The van der Waals surface area contributed by atoms with Gasteiger partial charge in [-0.25, -0.2) is 0 Å². The summed E-state index contributed by atoms with van der Waals surface area (Å²) in [5.74, 6) is 0. The highest BCUT2D eigenvalue weighted by atomic mass is 35.5. The second-order valence-corrected chi connectivity index (χ2v) is 5.76. The van der Waals surface area contributed by atoms with Crippen LogP contribution in [-0.2, 0) is 0 Å². The number of nitrogens with zero attached hydrogens (tertiary/aromatic N) is 4. The molecule has 0 fully saturated rings. The zero-order valence-electron chi connectivity index (χ0n) is 13.9. The Labute approximate surface area is 156 Å². The zero-order valence-corrected chi connectivity index (χ0v) is 14.7. The van der Waals surface area contributed by atoms with Crippen molar-refractivity contribution >= 4 is 34.4 Å². The summed E-state index contributed by atoms with van der Waals surface area (Å²) in [7, 11) is 0. The molecule has 7 nitrogen and oxygen atoms in total. The van der Waals surface area contributed by atoms with Gasteiger partial charge in [0.25, 0.3) is 0 Å². The third-order valence-electron chi connectivity index (χ3n) is 3.62. The summed E-state index contributed by atoms with van der Waals surface area (Å²) in [6.07, 6.45) is 0.800. The number of nitroso groups, excluding NO2 is 1. The molecule has 132 valence electrons. The lowest BCUT2D eigenvalue weighted by Crippen LogP contribution is -2.25. The highest BCUT2D eigenvalue weighted by Gasteiger charge is 2.06. The Hall–Kier alpha value is -3.29. The first-order chi connectivity index (χ1) is 12.7. The number of nitrogens with one attached hydrogen (secondary N) is 2. The lowest BCUT2D eigenvalue weighted by atomic mass is 10.2. The van der Waals surface area contributed by atoms with Crippen molar-refractivity contribution in [3.63, 3.8) is 0 Å². The molecule has 0 bridgehead atoms. The molecule has 0 aliphatic carbocycles. The molecule has 0 aromatic heterocycles. The number of nitriles is 2. The molecular weight excluding hydrogens is 352 g/mol. The monoisotopic (exact) mass is 368 g/mol. The molecule has 2 rings (SSSR count). The van der Waals surface area contributed by atoms with Crippen molar-refractivity contribution in [2.24, 2.45) is 5.18 Å². The van der Waals surface area contributed by atoms with Crippen LogP contribution in [0.1, 0.15) is 12.8 Å². The van der Waals surface area contributed by atoms with Crippen molar-refractivity contribution in [1.29, 1.82) is 10.5 Å². The smallest absolute Gasteiger partial charge is 0.109 e. The predicted octanol–water partition coefficient (Wildman–Crippen LogP) is 4.81. The third kappa shape index (κ3) is 5.37. The van der Waals surface area contributed by atoms with Crippen LogP contribution in [0.3, 0.4) is 0 Å². The van der Waals surface area contributed by atoms with Gasteiger partial charge in [-0.2, -0.15) is 10.5 Å². The molecule has 0 unspecified atom stereocenters. The lowest BCUT2D eigenvalue weighted by Gasteiger charge is -2.23. The number of hydrogen-bond acceptors (Lipinski definition) is 7. The maximum atomic E-state index is 10.5. The van der Waals surface area contributed by atoms with Crippen molar-refractivity contribution in [1.82, 2.24) is 0 Å². The van der Waals surface area contributed by atoms with E-state index in [4.69, 9.17) is 22.1 Å². The van der Waals surface area contributed by atoms with Crippen LogP contribution in [0.25, 0.3) is 0 Å². The molecule has 0 amide bonds. The number of benzene rings is 2. The highest BCUT2D eigenvalue weighted by Crippen LogP contribution is 2.27. The fourth-order valence-corrected chi connectivity index (χ4v) is 2.52. The van der Waals surface area contributed by atoms with E-state index in [1.807, 2.05) is 29.2 Å². The van der Waals surface area contributed by atoms with E-state index in [9.17, 15) is 4.91 Å². The van der Waals surface area contributed by atoms with Gasteiger partial charge in [0.2, 0.25) is 0 Å². The van der Waals surface area contributed by atoms with E-state index >= 15 is 0 Å². The molecule has 0 spiro atoms. The standard InChI is InChI=1S/C18H17ClN6O/c19-17-13-15(24-26)5-8-18(17)23-22-14-3-6-16(7-4-14)25(11-1-9-20)12-2-10-21/h3-8,13,22-23H,1-2,11-12H2. The Morgan fingerprint density at radius 1 is 1.00 bits per heavy atom. The summed E-state index contributed by atoms with van der Waals surface area (Å²) < 4.78 is 0. The summed E-state index contributed by atoms with van der Waals surface area (Å²) in [4.78, 5) is 12.5. The molecule has 0 atom stereocenters. The highest BCUT2D eigenvalue weighted by molar-refractivity contribution is 6.33. The van der Waals surface area contributed by atoms with Crippen molar-refractivity contribution in [3.05, 3.63) is 52.4 Å². The lowest BCUT2D eigenvalue weighted by molar-refractivity contribution is 0.796. The Kier molecular flexibility index (Phi) is 7.23. The summed E-state index contributed by atoms with van der Waals surface area (Å²) in [5.41, 5.74) is 8.63. The van der Waals surface area contributed by atoms with E-state index in [1.165, 1.54) is 6.07 Å². The SMILES string of the molecule is N#CCCN(CCC#N)c1ccc(NNc2ccc(N=O)cc2Cl)cc1. The van der Waals surface area contributed by atoms with Gasteiger partial charge in [-0.05, 0) is 47.6 Å². The number of rotatable bonds is 9. The van der Waals surface area contributed by atoms with Crippen LogP contribution < -0.4 is 15.8 Å². The van der Waals surface area contributed by atoms with Gasteiger partial charge in [-0.3, -0.25) is 5.43 Å². The van der Waals surface area contributed by atoms with Crippen LogP contribution in [0.5, 0.6) is 0 Å². The van der Waals surface area contributed by atoms with Crippen molar-refractivity contribution in [2.75, 3.05) is 28.8 Å². The molecule has 0 heterocycles. The minimum absolute atomic E-state index is 0.264. The normalized spacial score (nSPS) is 9.65. The predicted molar refractivity (Wildman–Crippen MR) is 103 cm³/mol. The molecule has 0 saturated heterocycles. The molecular formula is C18H17ClN6O. The van der Waals surface area contributed by atoms with Crippen LogP contribution in [0.15, 0.2) is 47.6 Å². The zero-order chi connectivity index (χ0) is 18.8. The first-order valence-electron chi connectivity index (χ1n) is 7.91. The van der Waals surface area contributed by atoms with E-state index < -0.39 is 0 Å². The molecule has 26 heavy (non-hydrogen) atoms. The first-order valence-corrected chi connectivity index (χ1v) is 8.29. The van der Waals surface area contributed by atoms with E-state index in [0.29, 0.717) is 36.6 Å².